The van der Waals surface area contributed by atoms with E-state index in [1.807, 2.05) is 0 Å². The fourth-order valence-corrected chi connectivity index (χ4v) is 6.60. The van der Waals surface area contributed by atoms with Crippen molar-refractivity contribution in [2.24, 2.45) is 5.92 Å². The molecule has 2 unspecified atom stereocenters. The van der Waals surface area contributed by atoms with Crippen LogP contribution in [0.2, 0.25) is 0 Å². The van der Waals surface area contributed by atoms with Gasteiger partial charge in [0, 0.05) is 37.2 Å². The van der Waals surface area contributed by atoms with Crippen molar-refractivity contribution in [3.05, 3.63) is 105 Å². The number of amides is 1. The number of ether oxygens (including phenoxy) is 4. The molecule has 3 atom stereocenters. The van der Waals surface area contributed by atoms with E-state index in [2.05, 4.69) is 5.32 Å². The molecule has 4 rings (SSSR count). The molecule has 262 valence electrons. The molecule has 1 fully saturated rings. The molecular formula is C32H36N4O12S. The topological polar surface area (TPSA) is 207 Å². The van der Waals surface area contributed by atoms with Crippen molar-refractivity contribution in [3.63, 3.8) is 0 Å². The lowest BCUT2D eigenvalue weighted by molar-refractivity contribution is -0.385. The second kappa shape index (κ2) is 16.8. The van der Waals surface area contributed by atoms with Crippen LogP contribution in [0.25, 0.3) is 0 Å². The molecule has 1 amide bonds. The molecule has 16 nitrogen and oxygen atoms in total. The number of sulfonamides is 1. The van der Waals surface area contributed by atoms with Gasteiger partial charge in [0.2, 0.25) is 10.0 Å². The molecule has 3 aromatic carbocycles. The quantitative estimate of drug-likeness (QED) is 0.0976. The Kier molecular flexibility index (Phi) is 12.6. The van der Waals surface area contributed by atoms with Crippen molar-refractivity contribution in [1.82, 2.24) is 9.62 Å². The summed E-state index contributed by atoms with van der Waals surface area (Å²) >= 11 is 0. The lowest BCUT2D eigenvalue weighted by Gasteiger charge is -2.32. The Labute approximate surface area is 282 Å². The van der Waals surface area contributed by atoms with Crippen LogP contribution >= 0.6 is 0 Å². The summed E-state index contributed by atoms with van der Waals surface area (Å²) in [6, 6.07) is 16.8. The third-order valence-electron chi connectivity index (χ3n) is 7.35. The third-order valence-corrected chi connectivity index (χ3v) is 9.19. The van der Waals surface area contributed by atoms with Crippen LogP contribution in [0.4, 0.5) is 21.0 Å². The molecule has 1 aliphatic heterocycles. The maximum absolute atomic E-state index is 14.0. The Morgan fingerprint density at radius 1 is 0.939 bits per heavy atom. The van der Waals surface area contributed by atoms with E-state index < -0.39 is 56.9 Å². The molecule has 0 aliphatic carbocycles. The number of nitrogens with zero attached hydrogens (tertiary/aromatic N) is 3. The second-order valence-electron chi connectivity index (χ2n) is 11.6. The molecule has 17 heteroatoms. The summed E-state index contributed by atoms with van der Waals surface area (Å²) in [6.07, 6.45) is -3.46. The lowest BCUT2D eigenvalue weighted by atomic mass is 10.0. The summed E-state index contributed by atoms with van der Waals surface area (Å²) in [5.74, 6) is -0.312. The normalized spacial score (nSPS) is 15.7. The Morgan fingerprint density at radius 3 is 2.10 bits per heavy atom. The minimum absolute atomic E-state index is 0.0570. The van der Waals surface area contributed by atoms with Gasteiger partial charge in [-0.25, -0.2) is 18.0 Å². The Bertz CT molecular complexity index is 1700. The van der Waals surface area contributed by atoms with Crippen molar-refractivity contribution in [1.29, 1.82) is 0 Å². The first-order valence-corrected chi connectivity index (χ1v) is 16.7. The predicted molar refractivity (Wildman–Crippen MR) is 173 cm³/mol. The van der Waals surface area contributed by atoms with Crippen LogP contribution in [0, 0.1) is 26.1 Å². The van der Waals surface area contributed by atoms with Gasteiger partial charge in [-0.3, -0.25) is 20.2 Å². The molecule has 1 aliphatic rings. The van der Waals surface area contributed by atoms with Crippen LogP contribution in [0.15, 0.2) is 83.8 Å². The number of nitro groups is 2. The summed E-state index contributed by atoms with van der Waals surface area (Å²) in [4.78, 5) is 47.1. The Morgan fingerprint density at radius 2 is 1.55 bits per heavy atom. The first-order chi connectivity index (χ1) is 23.3. The van der Waals surface area contributed by atoms with Gasteiger partial charge in [0.15, 0.2) is 0 Å². The van der Waals surface area contributed by atoms with Gasteiger partial charge in [0.1, 0.15) is 18.0 Å². The standard InChI is InChI=1S/C32H36N4O12S/c1-22(2)19-34(49(43,44)28-14-10-25(11-15-28)36(41)42)20-30(48-32(38)47-26-12-8-24(9-13-26)35(39)40)29(18-23-6-4-3-5-7-23)33-31(37)46-27-16-17-45-21-27/h3-15,22,27,29-30H,16-21H2,1-2H3,(H,33,37)/t27?,29-,30?/m0/s1. The van der Waals surface area contributed by atoms with Gasteiger partial charge in [0.05, 0.1) is 40.5 Å². The number of nitro benzene ring substituents is 2. The zero-order valence-corrected chi connectivity index (χ0v) is 27.5. The molecular weight excluding hydrogens is 664 g/mol. The number of benzene rings is 3. The minimum atomic E-state index is -4.34. The van der Waals surface area contributed by atoms with Crippen LogP contribution < -0.4 is 10.1 Å². The minimum Gasteiger partial charge on any atom is -0.444 e. The number of carbonyl (C=O) groups is 2. The van der Waals surface area contributed by atoms with Gasteiger partial charge in [0.25, 0.3) is 11.4 Å². The van der Waals surface area contributed by atoms with Crippen molar-refractivity contribution in [2.75, 3.05) is 26.3 Å². The number of hydrogen-bond donors (Lipinski definition) is 1. The highest BCUT2D eigenvalue weighted by atomic mass is 32.2. The van der Waals surface area contributed by atoms with Crippen LogP contribution in [0.3, 0.4) is 0 Å². The van der Waals surface area contributed by atoms with Crippen molar-refractivity contribution in [3.8, 4) is 5.75 Å². The summed E-state index contributed by atoms with van der Waals surface area (Å²) < 4.78 is 50.9. The molecule has 3 aromatic rings. The maximum atomic E-state index is 14.0. The van der Waals surface area contributed by atoms with E-state index in [1.54, 1.807) is 44.2 Å². The molecule has 0 radical (unpaired) electrons. The van der Waals surface area contributed by atoms with Gasteiger partial charge in [-0.2, -0.15) is 4.31 Å². The molecule has 0 bridgehead atoms. The lowest BCUT2D eigenvalue weighted by Crippen LogP contribution is -2.53. The monoisotopic (exact) mass is 700 g/mol. The van der Waals surface area contributed by atoms with Gasteiger partial charge in [-0.05, 0) is 42.2 Å². The van der Waals surface area contributed by atoms with Gasteiger partial charge >= 0.3 is 12.2 Å². The number of alkyl carbamates (subject to hydrolysis) is 1. The van der Waals surface area contributed by atoms with Crippen LogP contribution in [0.1, 0.15) is 25.8 Å². The summed E-state index contributed by atoms with van der Waals surface area (Å²) in [6.45, 7) is 3.63. The van der Waals surface area contributed by atoms with E-state index in [-0.39, 0.29) is 47.5 Å². The zero-order chi connectivity index (χ0) is 35.6. The highest BCUT2D eigenvalue weighted by Crippen LogP contribution is 2.24. The molecule has 0 saturated carbocycles. The SMILES string of the molecule is CC(C)CN(CC(OC(=O)Oc1ccc([N+](=O)[O-])cc1)[C@H](Cc1ccccc1)NC(=O)OC1CCOC1)S(=O)(=O)c1ccc([N+](=O)[O-])cc1. The van der Waals surface area contributed by atoms with Crippen LogP contribution in [-0.4, -0.2) is 79.4 Å². The van der Waals surface area contributed by atoms with Crippen LogP contribution in [0.5, 0.6) is 5.75 Å². The molecule has 1 heterocycles. The highest BCUT2D eigenvalue weighted by molar-refractivity contribution is 7.89. The number of non-ortho nitro benzene ring substituents is 2. The summed E-state index contributed by atoms with van der Waals surface area (Å²) in [5, 5.41) is 25.0. The summed E-state index contributed by atoms with van der Waals surface area (Å²) in [5.41, 5.74) is 0.170. The first-order valence-electron chi connectivity index (χ1n) is 15.3. The van der Waals surface area contributed by atoms with E-state index in [0.29, 0.717) is 18.6 Å². The van der Waals surface area contributed by atoms with E-state index in [1.165, 1.54) is 12.1 Å². The smallest absolute Gasteiger partial charge is 0.444 e. The number of nitrogens with one attached hydrogen (secondary N) is 1. The van der Waals surface area contributed by atoms with Gasteiger partial charge in [-0.1, -0.05) is 44.2 Å². The fourth-order valence-electron chi connectivity index (χ4n) is 4.98. The van der Waals surface area contributed by atoms with E-state index >= 15 is 0 Å². The van der Waals surface area contributed by atoms with Crippen molar-refractivity contribution >= 4 is 33.6 Å². The molecule has 49 heavy (non-hydrogen) atoms. The second-order valence-corrected chi connectivity index (χ2v) is 13.5. The molecule has 0 aromatic heterocycles. The molecule has 0 spiro atoms. The largest absolute Gasteiger partial charge is 0.514 e. The summed E-state index contributed by atoms with van der Waals surface area (Å²) in [7, 11) is -4.34. The molecule has 1 N–H and O–H groups in total. The van der Waals surface area contributed by atoms with E-state index in [0.717, 1.165) is 40.7 Å². The fraction of sp³-hybridized carbons (Fsp3) is 0.375. The van der Waals surface area contributed by atoms with E-state index in [4.69, 9.17) is 18.9 Å². The van der Waals surface area contributed by atoms with E-state index in [9.17, 15) is 38.2 Å². The first kappa shape index (κ1) is 36.7. The van der Waals surface area contributed by atoms with Crippen molar-refractivity contribution < 1.29 is 46.8 Å². The average molecular weight is 701 g/mol. The highest BCUT2D eigenvalue weighted by Gasteiger charge is 2.36. The number of carbonyl (C=O) groups excluding carboxylic acids is 2. The Hall–Kier alpha value is -5.13. The average Bonchev–Trinajstić information content (AvgIpc) is 3.57. The van der Waals surface area contributed by atoms with Gasteiger partial charge < -0.3 is 24.3 Å². The number of rotatable bonds is 15. The third kappa shape index (κ3) is 10.7. The van der Waals surface area contributed by atoms with Gasteiger partial charge in [-0.15, -0.1) is 0 Å². The van der Waals surface area contributed by atoms with Crippen molar-refractivity contribution in [2.45, 2.75) is 49.8 Å². The maximum Gasteiger partial charge on any atom is 0.514 e. The van der Waals surface area contributed by atoms with Crippen LogP contribution in [-0.2, 0) is 30.7 Å². The predicted octanol–water partition coefficient (Wildman–Crippen LogP) is 4.86. The molecule has 1 saturated heterocycles. The Balaban J connectivity index is 1.69. The number of hydrogen-bond acceptors (Lipinski definition) is 12. The zero-order valence-electron chi connectivity index (χ0n) is 26.7.